The minimum Gasteiger partial charge on any atom is -0.477 e. The van der Waals surface area contributed by atoms with Gasteiger partial charge in [-0.05, 0) is 38.5 Å². The van der Waals surface area contributed by atoms with Crippen LogP contribution >= 0.6 is 0 Å². The maximum Gasteiger partial charge on any atom is 0.365 e. The van der Waals surface area contributed by atoms with Crippen molar-refractivity contribution in [3.63, 3.8) is 0 Å². The Morgan fingerprint density at radius 2 is 1.30 bits per heavy atom. The molecule has 5 nitrogen and oxygen atoms in total. The first-order valence-electron chi connectivity index (χ1n) is 13.6. The van der Waals surface area contributed by atoms with Crippen LogP contribution < -0.4 is 5.32 Å². The molecule has 0 rings (SSSR count). The van der Waals surface area contributed by atoms with E-state index in [0.29, 0.717) is 6.42 Å². The molecule has 0 aliphatic rings. The van der Waals surface area contributed by atoms with Gasteiger partial charge >= 0.3 is 5.97 Å². The summed E-state index contributed by atoms with van der Waals surface area (Å²) in [6.07, 6.45) is 22.8. The van der Waals surface area contributed by atoms with Crippen molar-refractivity contribution in [1.29, 1.82) is 0 Å². The van der Waals surface area contributed by atoms with Crippen molar-refractivity contribution < 1.29 is 19.2 Å². The van der Waals surface area contributed by atoms with Crippen molar-refractivity contribution in [3.05, 3.63) is 12.2 Å². The summed E-state index contributed by atoms with van der Waals surface area (Å²) in [5.74, 6) is -0.807. The number of quaternary nitrogens is 1. The number of unbranched alkanes of at least 4 members (excludes halogenated alkanes) is 11. The molecule has 2 N–H and O–H groups in total. The minimum absolute atomic E-state index is 0.0402. The van der Waals surface area contributed by atoms with E-state index in [9.17, 15) is 14.7 Å². The van der Waals surface area contributed by atoms with Crippen molar-refractivity contribution in [2.75, 3.05) is 14.1 Å². The zero-order valence-corrected chi connectivity index (χ0v) is 22.8. The van der Waals surface area contributed by atoms with Crippen LogP contribution in [0.15, 0.2) is 12.2 Å². The van der Waals surface area contributed by atoms with Crippen LogP contribution in [-0.4, -0.2) is 47.3 Å². The van der Waals surface area contributed by atoms with Gasteiger partial charge in [0.1, 0.15) is 0 Å². The van der Waals surface area contributed by atoms with Crippen molar-refractivity contribution in [2.24, 2.45) is 0 Å². The second kappa shape index (κ2) is 18.0. The van der Waals surface area contributed by atoms with Gasteiger partial charge < -0.3 is 10.4 Å². The molecule has 1 unspecified atom stereocenters. The topological polar surface area (TPSA) is 66.4 Å². The molecule has 0 saturated carbocycles. The average molecular weight is 468 g/mol. The summed E-state index contributed by atoms with van der Waals surface area (Å²) in [7, 11) is 3.80. The predicted molar refractivity (Wildman–Crippen MR) is 140 cm³/mol. The smallest absolute Gasteiger partial charge is 0.365 e. The Labute approximate surface area is 205 Å². The van der Waals surface area contributed by atoms with Gasteiger partial charge in [-0.3, -0.25) is 9.28 Å². The number of amides is 1. The molecule has 1 amide bonds. The average Bonchev–Trinajstić information content (AvgIpc) is 2.75. The number of carboxylic acids is 1. The molecule has 0 radical (unpaired) electrons. The van der Waals surface area contributed by atoms with E-state index < -0.39 is 11.5 Å². The quantitative estimate of drug-likeness (QED) is 0.0811. The molecule has 0 bridgehead atoms. The van der Waals surface area contributed by atoms with Gasteiger partial charge in [-0.15, -0.1) is 0 Å². The van der Waals surface area contributed by atoms with Crippen LogP contribution in [0.1, 0.15) is 130 Å². The third-order valence-electron chi connectivity index (χ3n) is 7.30. The predicted octanol–water partition coefficient (Wildman–Crippen LogP) is 7.21. The standard InChI is InChI=1S/C28H54N2O3/c1-7-9-10-11-12-13-14-15-16-17-18-19-20-21-22-24-26(31)29-25(23-8-2)30(5,6)28(3,4)27(32)33/h15-16,25H,7-14,17-24H2,1-6H3,(H-,29,31,32,33)/p+1. The number of rotatable bonds is 21. The van der Waals surface area contributed by atoms with E-state index in [0.717, 1.165) is 25.7 Å². The monoisotopic (exact) mass is 467 g/mol. The largest absolute Gasteiger partial charge is 0.477 e. The van der Waals surface area contributed by atoms with Crippen molar-refractivity contribution >= 4 is 11.9 Å². The molecule has 0 aromatic carbocycles. The highest BCUT2D eigenvalue weighted by atomic mass is 16.4. The van der Waals surface area contributed by atoms with Crippen LogP contribution in [0.4, 0.5) is 0 Å². The lowest BCUT2D eigenvalue weighted by Gasteiger charge is -2.47. The Bertz CT molecular complexity index is 555. The fourth-order valence-electron chi connectivity index (χ4n) is 4.08. The van der Waals surface area contributed by atoms with Crippen LogP contribution in [0.25, 0.3) is 0 Å². The number of likely N-dealkylation sites (N-methyl/N-ethyl adjacent to an activating group) is 1. The van der Waals surface area contributed by atoms with E-state index in [1.54, 1.807) is 13.8 Å². The maximum atomic E-state index is 12.5. The summed E-state index contributed by atoms with van der Waals surface area (Å²) >= 11 is 0. The van der Waals surface area contributed by atoms with Crippen LogP contribution in [0, 0.1) is 0 Å². The number of hydrogen-bond donors (Lipinski definition) is 2. The minimum atomic E-state index is -0.976. The molecule has 194 valence electrons. The third kappa shape index (κ3) is 13.2. The Kier molecular flexibility index (Phi) is 17.3. The normalized spacial score (nSPS) is 13.4. The van der Waals surface area contributed by atoms with Crippen molar-refractivity contribution in [3.8, 4) is 0 Å². The molecule has 5 heteroatoms. The second-order valence-corrected chi connectivity index (χ2v) is 10.6. The lowest BCUT2D eigenvalue weighted by atomic mass is 9.98. The van der Waals surface area contributed by atoms with Gasteiger partial charge in [0.2, 0.25) is 5.91 Å². The van der Waals surface area contributed by atoms with Gasteiger partial charge in [0.15, 0.2) is 11.7 Å². The number of hydrogen-bond acceptors (Lipinski definition) is 2. The van der Waals surface area contributed by atoms with E-state index in [1.807, 2.05) is 14.1 Å². The second-order valence-electron chi connectivity index (χ2n) is 10.6. The van der Waals surface area contributed by atoms with Crippen LogP contribution in [0.5, 0.6) is 0 Å². The Morgan fingerprint density at radius 3 is 1.79 bits per heavy atom. The van der Waals surface area contributed by atoms with E-state index in [2.05, 4.69) is 31.3 Å². The first kappa shape index (κ1) is 31.6. The summed E-state index contributed by atoms with van der Waals surface area (Å²) < 4.78 is 0.230. The summed E-state index contributed by atoms with van der Waals surface area (Å²) in [5.41, 5.74) is -0.976. The van der Waals surface area contributed by atoms with Gasteiger partial charge in [-0.25, -0.2) is 4.79 Å². The molecule has 1 atom stereocenters. The molecule has 0 aliphatic carbocycles. The number of nitrogens with zero attached hydrogens (tertiary/aromatic N) is 1. The molecule has 0 spiro atoms. The highest BCUT2D eigenvalue weighted by Gasteiger charge is 2.48. The van der Waals surface area contributed by atoms with Gasteiger partial charge in [0.25, 0.3) is 0 Å². The van der Waals surface area contributed by atoms with Crippen molar-refractivity contribution in [1.82, 2.24) is 5.32 Å². The molecular weight excluding hydrogens is 412 g/mol. The number of carboxylic acid groups (broad SMARTS) is 1. The number of allylic oxidation sites excluding steroid dienone is 2. The van der Waals surface area contributed by atoms with E-state index in [1.165, 1.54) is 70.6 Å². The fraction of sp³-hybridized carbons (Fsp3) is 0.857. The molecule has 33 heavy (non-hydrogen) atoms. The summed E-state index contributed by atoms with van der Waals surface area (Å²) in [4.78, 5) is 24.3. The number of nitrogens with one attached hydrogen (secondary N) is 1. The summed E-state index contributed by atoms with van der Waals surface area (Å²) in [5, 5.41) is 12.8. The number of carbonyl (C=O) groups excluding carboxylic acids is 1. The van der Waals surface area contributed by atoms with Gasteiger partial charge in [0, 0.05) is 26.7 Å². The lowest BCUT2D eigenvalue weighted by Crippen LogP contribution is -2.69. The van der Waals surface area contributed by atoms with E-state index in [4.69, 9.17) is 0 Å². The van der Waals surface area contributed by atoms with E-state index in [-0.39, 0.29) is 16.6 Å². The first-order chi connectivity index (χ1) is 15.6. The van der Waals surface area contributed by atoms with Crippen LogP contribution in [0.2, 0.25) is 0 Å². The highest BCUT2D eigenvalue weighted by molar-refractivity contribution is 5.77. The molecular formula is C28H55N2O3+. The zero-order chi connectivity index (χ0) is 25.2. The molecule has 0 heterocycles. The Balaban J connectivity index is 3.99. The SMILES string of the molecule is CCCCCCCCC=CCCCCCCCC(=O)NC(CCC)[N+](C)(C)C(C)(C)C(=O)O. The lowest BCUT2D eigenvalue weighted by molar-refractivity contribution is -0.953. The van der Waals surface area contributed by atoms with Crippen LogP contribution in [-0.2, 0) is 9.59 Å². The molecule has 0 aliphatic heterocycles. The number of carbonyl (C=O) groups is 2. The Hall–Kier alpha value is -1.36. The maximum absolute atomic E-state index is 12.5. The van der Waals surface area contributed by atoms with Gasteiger partial charge in [-0.2, -0.15) is 0 Å². The molecule has 0 saturated heterocycles. The number of aliphatic carboxylic acids is 1. The highest BCUT2D eigenvalue weighted by Crippen LogP contribution is 2.26. The summed E-state index contributed by atoms with van der Waals surface area (Å²) in [6, 6.07) is 0. The van der Waals surface area contributed by atoms with Crippen molar-refractivity contribution in [2.45, 2.75) is 142 Å². The molecule has 0 fully saturated rings. The molecule has 0 aromatic rings. The van der Waals surface area contributed by atoms with Crippen LogP contribution in [0.3, 0.4) is 0 Å². The fourth-order valence-corrected chi connectivity index (χ4v) is 4.08. The first-order valence-corrected chi connectivity index (χ1v) is 13.6. The van der Waals surface area contributed by atoms with Gasteiger partial charge in [0.05, 0.1) is 14.1 Å². The van der Waals surface area contributed by atoms with E-state index >= 15 is 0 Å². The third-order valence-corrected chi connectivity index (χ3v) is 7.30. The van der Waals surface area contributed by atoms with Gasteiger partial charge in [-0.1, -0.05) is 77.4 Å². The Morgan fingerprint density at radius 1 is 0.818 bits per heavy atom. The molecule has 0 aromatic heterocycles. The zero-order valence-electron chi connectivity index (χ0n) is 22.8. The summed E-state index contributed by atoms with van der Waals surface area (Å²) in [6.45, 7) is 7.79.